The Bertz CT molecular complexity index is 919. The molecule has 1 aromatic heterocycles. The van der Waals surface area contributed by atoms with Crippen LogP contribution < -0.4 is 16.0 Å². The summed E-state index contributed by atoms with van der Waals surface area (Å²) >= 11 is 0. The van der Waals surface area contributed by atoms with Gasteiger partial charge in [-0.2, -0.15) is 0 Å². The second-order valence-electron chi connectivity index (χ2n) is 7.15. The molecule has 2 heterocycles. The number of nitrogens with zero attached hydrogens (tertiary/aromatic N) is 4. The first-order chi connectivity index (χ1) is 13.7. The molecule has 1 saturated heterocycles. The monoisotopic (exact) mass is 374 g/mol. The van der Waals surface area contributed by atoms with Crippen LogP contribution in [0.2, 0.25) is 0 Å². The number of aryl methyl sites for hydroxylation is 1. The van der Waals surface area contributed by atoms with E-state index in [0.717, 1.165) is 49.8 Å². The largest absolute Gasteiger partial charge is 0.393 e. The molecular formula is C22H26N6. The Kier molecular flexibility index (Phi) is 5.39. The molecule has 0 saturated carbocycles. The van der Waals surface area contributed by atoms with Gasteiger partial charge < -0.3 is 16.0 Å². The van der Waals surface area contributed by atoms with Gasteiger partial charge in [-0.25, -0.2) is 9.97 Å². The molecule has 6 heteroatoms. The Labute approximate surface area is 166 Å². The molecular weight excluding hydrogens is 348 g/mol. The van der Waals surface area contributed by atoms with E-state index in [2.05, 4.69) is 68.4 Å². The predicted molar refractivity (Wildman–Crippen MR) is 115 cm³/mol. The quantitative estimate of drug-likeness (QED) is 0.713. The standard InChI is InChI=1S/C22H26N6/c1-17-7-5-6-10-19(17)26-21-20(23)22(25-16-24-21)28-13-11-27(12-14-28)15-18-8-3-2-4-9-18/h2-10,16H,11-15,23H2,1H3,(H,24,25,26). The zero-order chi connectivity index (χ0) is 19.3. The molecule has 0 spiro atoms. The van der Waals surface area contributed by atoms with Gasteiger partial charge in [0.25, 0.3) is 0 Å². The van der Waals surface area contributed by atoms with Crippen LogP contribution in [0.4, 0.5) is 23.0 Å². The lowest BCUT2D eigenvalue weighted by Crippen LogP contribution is -2.46. The van der Waals surface area contributed by atoms with Crippen molar-refractivity contribution in [3.63, 3.8) is 0 Å². The van der Waals surface area contributed by atoms with Gasteiger partial charge in [0.1, 0.15) is 12.0 Å². The van der Waals surface area contributed by atoms with Crippen LogP contribution in [-0.2, 0) is 6.54 Å². The number of nitrogen functional groups attached to an aromatic ring is 1. The average Bonchev–Trinajstić information content (AvgIpc) is 2.73. The summed E-state index contributed by atoms with van der Waals surface area (Å²) in [6, 6.07) is 18.7. The van der Waals surface area contributed by atoms with Crippen LogP contribution >= 0.6 is 0 Å². The lowest BCUT2D eigenvalue weighted by atomic mass is 10.2. The van der Waals surface area contributed by atoms with Crippen molar-refractivity contribution < 1.29 is 0 Å². The molecule has 144 valence electrons. The maximum absolute atomic E-state index is 6.43. The number of hydrogen-bond donors (Lipinski definition) is 2. The first-order valence-electron chi connectivity index (χ1n) is 9.65. The Balaban J connectivity index is 1.43. The number of benzene rings is 2. The van der Waals surface area contributed by atoms with E-state index in [1.807, 2.05) is 18.2 Å². The molecule has 1 fully saturated rings. The molecule has 0 unspecified atom stereocenters. The lowest BCUT2D eigenvalue weighted by Gasteiger charge is -2.36. The maximum Gasteiger partial charge on any atom is 0.159 e. The fourth-order valence-corrected chi connectivity index (χ4v) is 3.54. The minimum Gasteiger partial charge on any atom is -0.393 e. The first kappa shape index (κ1) is 18.3. The molecule has 3 N–H and O–H groups in total. The third kappa shape index (κ3) is 4.07. The molecule has 6 nitrogen and oxygen atoms in total. The average molecular weight is 374 g/mol. The summed E-state index contributed by atoms with van der Waals surface area (Å²) < 4.78 is 0. The topological polar surface area (TPSA) is 70.3 Å². The lowest BCUT2D eigenvalue weighted by molar-refractivity contribution is 0.249. The van der Waals surface area contributed by atoms with Crippen molar-refractivity contribution in [3.8, 4) is 0 Å². The fraction of sp³-hybridized carbons (Fsp3) is 0.273. The van der Waals surface area contributed by atoms with Gasteiger partial charge in [-0.3, -0.25) is 4.90 Å². The Hall–Kier alpha value is -3.12. The molecule has 0 amide bonds. The van der Waals surface area contributed by atoms with Gasteiger partial charge in [-0.1, -0.05) is 48.5 Å². The molecule has 0 bridgehead atoms. The molecule has 1 aliphatic heterocycles. The van der Waals surface area contributed by atoms with Crippen molar-refractivity contribution in [1.82, 2.24) is 14.9 Å². The minimum absolute atomic E-state index is 0.599. The van der Waals surface area contributed by atoms with Crippen LogP contribution in [0.25, 0.3) is 0 Å². The first-order valence-corrected chi connectivity index (χ1v) is 9.65. The van der Waals surface area contributed by atoms with E-state index in [9.17, 15) is 0 Å². The van der Waals surface area contributed by atoms with Gasteiger partial charge in [-0.05, 0) is 24.1 Å². The number of para-hydroxylation sites is 1. The van der Waals surface area contributed by atoms with Gasteiger partial charge in [0.2, 0.25) is 0 Å². The van der Waals surface area contributed by atoms with Gasteiger partial charge in [0.15, 0.2) is 11.6 Å². The highest BCUT2D eigenvalue weighted by Gasteiger charge is 2.21. The SMILES string of the molecule is Cc1ccccc1Nc1ncnc(N2CCN(Cc3ccccc3)CC2)c1N. The molecule has 28 heavy (non-hydrogen) atoms. The summed E-state index contributed by atoms with van der Waals surface area (Å²) in [5.41, 5.74) is 10.5. The zero-order valence-electron chi connectivity index (χ0n) is 16.2. The smallest absolute Gasteiger partial charge is 0.159 e. The van der Waals surface area contributed by atoms with E-state index in [4.69, 9.17) is 5.73 Å². The van der Waals surface area contributed by atoms with Crippen molar-refractivity contribution in [2.75, 3.05) is 42.1 Å². The number of rotatable bonds is 5. The highest BCUT2D eigenvalue weighted by Crippen LogP contribution is 2.30. The summed E-state index contributed by atoms with van der Waals surface area (Å²) in [7, 11) is 0. The van der Waals surface area contributed by atoms with Gasteiger partial charge >= 0.3 is 0 Å². The number of nitrogens with one attached hydrogen (secondary N) is 1. The normalized spacial score (nSPS) is 14.8. The molecule has 2 aromatic carbocycles. The maximum atomic E-state index is 6.43. The molecule has 0 aliphatic carbocycles. The van der Waals surface area contributed by atoms with Crippen molar-refractivity contribution in [2.45, 2.75) is 13.5 Å². The van der Waals surface area contributed by atoms with Crippen molar-refractivity contribution in [3.05, 3.63) is 72.1 Å². The number of piperazine rings is 1. The van der Waals surface area contributed by atoms with Crippen LogP contribution in [0.15, 0.2) is 60.9 Å². The van der Waals surface area contributed by atoms with E-state index in [1.54, 1.807) is 6.33 Å². The number of nitrogens with two attached hydrogens (primary N) is 1. The third-order valence-corrected chi connectivity index (χ3v) is 5.18. The van der Waals surface area contributed by atoms with Gasteiger partial charge in [-0.15, -0.1) is 0 Å². The van der Waals surface area contributed by atoms with Crippen LogP contribution in [0.3, 0.4) is 0 Å². The van der Waals surface area contributed by atoms with E-state index in [-0.39, 0.29) is 0 Å². The summed E-state index contributed by atoms with van der Waals surface area (Å²) in [5, 5.41) is 3.35. The van der Waals surface area contributed by atoms with Crippen molar-refractivity contribution in [2.24, 2.45) is 0 Å². The Morgan fingerprint density at radius 3 is 2.39 bits per heavy atom. The van der Waals surface area contributed by atoms with E-state index in [1.165, 1.54) is 5.56 Å². The molecule has 1 aliphatic rings. The second-order valence-corrected chi connectivity index (χ2v) is 7.15. The summed E-state index contributed by atoms with van der Waals surface area (Å²) in [6.45, 7) is 6.81. The second kappa shape index (κ2) is 8.27. The van der Waals surface area contributed by atoms with Gasteiger partial charge in [0.05, 0.1) is 0 Å². The van der Waals surface area contributed by atoms with Crippen molar-refractivity contribution >= 4 is 23.0 Å². The third-order valence-electron chi connectivity index (χ3n) is 5.18. The summed E-state index contributed by atoms with van der Waals surface area (Å²) in [4.78, 5) is 13.5. The minimum atomic E-state index is 0.599. The van der Waals surface area contributed by atoms with Crippen LogP contribution in [0.5, 0.6) is 0 Å². The van der Waals surface area contributed by atoms with Gasteiger partial charge in [0, 0.05) is 38.4 Å². The Morgan fingerprint density at radius 1 is 0.929 bits per heavy atom. The van der Waals surface area contributed by atoms with E-state index < -0.39 is 0 Å². The highest BCUT2D eigenvalue weighted by molar-refractivity contribution is 5.79. The van der Waals surface area contributed by atoms with Crippen LogP contribution in [-0.4, -0.2) is 41.0 Å². The Morgan fingerprint density at radius 2 is 1.64 bits per heavy atom. The molecule has 3 aromatic rings. The number of hydrogen-bond acceptors (Lipinski definition) is 6. The number of anilines is 4. The zero-order valence-corrected chi connectivity index (χ0v) is 16.2. The predicted octanol–water partition coefficient (Wildman–Crippen LogP) is 3.43. The fourth-order valence-electron chi connectivity index (χ4n) is 3.54. The molecule has 4 rings (SSSR count). The van der Waals surface area contributed by atoms with Crippen LogP contribution in [0, 0.1) is 6.92 Å². The molecule has 0 radical (unpaired) electrons. The number of aromatic nitrogens is 2. The van der Waals surface area contributed by atoms with Crippen molar-refractivity contribution in [1.29, 1.82) is 0 Å². The van der Waals surface area contributed by atoms with Crippen LogP contribution in [0.1, 0.15) is 11.1 Å². The van der Waals surface area contributed by atoms with E-state index >= 15 is 0 Å². The highest BCUT2D eigenvalue weighted by atomic mass is 15.3. The molecule has 0 atom stereocenters. The van der Waals surface area contributed by atoms with E-state index in [0.29, 0.717) is 11.5 Å². The summed E-state index contributed by atoms with van der Waals surface area (Å²) in [5.74, 6) is 1.47. The summed E-state index contributed by atoms with van der Waals surface area (Å²) in [6.07, 6.45) is 1.59.